The second-order valence-corrected chi connectivity index (χ2v) is 11.7. The molecule has 6 rings (SSSR count). The standard InChI is InChI=1S/C31H38N6O3/c1-35(2)18-21-8-7-15-36(19-21)27(38)20-37-26-16-23(30-33-31(39)40-34-30)12-13-25(26)28(22-9-4-3-5-10-22)29(37)24-11-6-14-32-17-24/h6,11-14,16-17,21-22H,3-5,7-10,15,18-20H2,1-2H3,(H,33,34,39). The SMILES string of the molecule is CN(C)CC1CCCN(C(=O)Cn2c(-c3cccnc3)c(C3CCCCC3)c3ccc(-c4noc(=O)[nH]4)cc32)C1. The molecule has 1 aliphatic carbocycles. The van der Waals surface area contributed by atoms with E-state index in [1.165, 1.54) is 24.8 Å². The van der Waals surface area contributed by atoms with E-state index in [0.717, 1.165) is 73.0 Å². The van der Waals surface area contributed by atoms with Crippen molar-refractivity contribution >= 4 is 16.8 Å². The molecule has 4 heterocycles. The highest BCUT2D eigenvalue weighted by atomic mass is 16.5. The smallest absolute Gasteiger partial charge is 0.341 e. The van der Waals surface area contributed by atoms with Crippen LogP contribution in [0.4, 0.5) is 0 Å². The lowest BCUT2D eigenvalue weighted by atomic mass is 9.82. The predicted octanol–water partition coefficient (Wildman–Crippen LogP) is 4.89. The van der Waals surface area contributed by atoms with E-state index in [2.05, 4.69) is 55.7 Å². The van der Waals surface area contributed by atoms with Crippen LogP contribution in [0.2, 0.25) is 0 Å². The van der Waals surface area contributed by atoms with Crippen LogP contribution in [-0.2, 0) is 11.3 Å². The van der Waals surface area contributed by atoms with Gasteiger partial charge in [-0.1, -0.05) is 36.6 Å². The van der Waals surface area contributed by atoms with Crippen LogP contribution in [0.25, 0.3) is 33.5 Å². The Kier molecular flexibility index (Phi) is 7.56. The molecule has 1 unspecified atom stereocenters. The lowest BCUT2D eigenvalue weighted by molar-refractivity contribution is -0.133. The third-order valence-electron chi connectivity index (χ3n) is 8.55. The van der Waals surface area contributed by atoms with Gasteiger partial charge in [0.15, 0.2) is 5.82 Å². The summed E-state index contributed by atoms with van der Waals surface area (Å²) in [6, 6.07) is 10.2. The molecule has 1 aromatic carbocycles. The van der Waals surface area contributed by atoms with Crippen LogP contribution in [0, 0.1) is 5.92 Å². The molecule has 9 nitrogen and oxygen atoms in total. The molecule has 0 bridgehead atoms. The number of likely N-dealkylation sites (tertiary alicyclic amines) is 1. The number of nitrogens with one attached hydrogen (secondary N) is 1. The van der Waals surface area contributed by atoms with E-state index < -0.39 is 5.76 Å². The van der Waals surface area contributed by atoms with Gasteiger partial charge in [-0.3, -0.25) is 19.3 Å². The monoisotopic (exact) mass is 542 g/mol. The third kappa shape index (κ3) is 5.35. The second kappa shape index (κ2) is 11.4. The Bertz CT molecular complexity index is 1530. The molecule has 0 radical (unpaired) electrons. The number of hydrogen-bond donors (Lipinski definition) is 1. The molecule has 0 spiro atoms. The van der Waals surface area contributed by atoms with Crippen LogP contribution >= 0.6 is 0 Å². The second-order valence-electron chi connectivity index (χ2n) is 11.7. The summed E-state index contributed by atoms with van der Waals surface area (Å²) in [6.45, 7) is 2.83. The van der Waals surface area contributed by atoms with Crippen LogP contribution in [0.3, 0.4) is 0 Å². The summed E-state index contributed by atoms with van der Waals surface area (Å²) in [7, 11) is 4.19. The van der Waals surface area contributed by atoms with Crippen molar-refractivity contribution in [3.05, 3.63) is 58.8 Å². The van der Waals surface area contributed by atoms with Crippen LogP contribution < -0.4 is 5.76 Å². The zero-order valence-electron chi connectivity index (χ0n) is 23.4. The van der Waals surface area contributed by atoms with Crippen molar-refractivity contribution in [3.8, 4) is 22.6 Å². The molecule has 9 heteroatoms. The van der Waals surface area contributed by atoms with E-state index in [4.69, 9.17) is 4.52 Å². The fraction of sp³-hybridized carbons (Fsp3) is 0.484. The number of rotatable bonds is 7. The Morgan fingerprint density at radius 3 is 2.67 bits per heavy atom. The van der Waals surface area contributed by atoms with Crippen molar-refractivity contribution < 1.29 is 9.32 Å². The number of carbonyl (C=O) groups is 1. The summed E-state index contributed by atoms with van der Waals surface area (Å²) in [5.41, 5.74) is 5.13. The number of nitrogens with zero attached hydrogens (tertiary/aromatic N) is 5. The zero-order valence-corrected chi connectivity index (χ0v) is 23.4. The van der Waals surface area contributed by atoms with Gasteiger partial charge in [0.25, 0.3) is 0 Å². The average Bonchev–Trinajstić information content (AvgIpc) is 3.54. The molecule has 210 valence electrons. The molecule has 1 saturated carbocycles. The van der Waals surface area contributed by atoms with Gasteiger partial charge in [0.2, 0.25) is 5.91 Å². The molecular weight excluding hydrogens is 504 g/mol. The molecular formula is C31H38N6O3. The van der Waals surface area contributed by atoms with Gasteiger partial charge in [0, 0.05) is 48.5 Å². The fourth-order valence-corrected chi connectivity index (χ4v) is 6.85. The van der Waals surface area contributed by atoms with Crippen molar-refractivity contribution in [3.63, 3.8) is 0 Å². The summed E-state index contributed by atoms with van der Waals surface area (Å²) in [6.07, 6.45) is 11.8. The van der Waals surface area contributed by atoms with Crippen molar-refractivity contribution in [1.29, 1.82) is 0 Å². The van der Waals surface area contributed by atoms with Crippen molar-refractivity contribution in [2.24, 2.45) is 5.92 Å². The van der Waals surface area contributed by atoms with E-state index in [0.29, 0.717) is 17.7 Å². The van der Waals surface area contributed by atoms with Gasteiger partial charge in [0.05, 0.1) is 11.2 Å². The lowest BCUT2D eigenvalue weighted by Gasteiger charge is -2.34. The molecule has 1 N–H and O–H groups in total. The first kappa shape index (κ1) is 26.5. The first-order valence-electron chi connectivity index (χ1n) is 14.5. The summed E-state index contributed by atoms with van der Waals surface area (Å²) in [4.78, 5) is 37.1. The normalized spacial score (nSPS) is 18.6. The first-order chi connectivity index (χ1) is 19.5. The number of fused-ring (bicyclic) bond motifs is 1. The molecule has 4 aromatic rings. The number of piperidine rings is 1. The van der Waals surface area contributed by atoms with E-state index >= 15 is 0 Å². The summed E-state index contributed by atoms with van der Waals surface area (Å²) >= 11 is 0. The largest absolute Gasteiger partial charge is 0.439 e. The summed E-state index contributed by atoms with van der Waals surface area (Å²) in [5.74, 6) is 0.842. The minimum absolute atomic E-state index is 0.140. The van der Waals surface area contributed by atoms with Gasteiger partial charge in [-0.15, -0.1) is 0 Å². The van der Waals surface area contributed by atoms with Crippen LogP contribution in [0.5, 0.6) is 0 Å². The Labute approximate surface area is 234 Å². The number of carbonyl (C=O) groups excluding carboxylic acids is 1. The number of benzene rings is 1. The quantitative estimate of drug-likeness (QED) is 0.357. The van der Waals surface area contributed by atoms with E-state index in [9.17, 15) is 9.59 Å². The van der Waals surface area contributed by atoms with Gasteiger partial charge >= 0.3 is 5.76 Å². The summed E-state index contributed by atoms with van der Waals surface area (Å²) in [5, 5.41) is 5.07. The van der Waals surface area contributed by atoms with Crippen molar-refractivity contribution in [2.45, 2.75) is 57.4 Å². The highest BCUT2D eigenvalue weighted by Crippen LogP contribution is 2.44. The van der Waals surface area contributed by atoms with Gasteiger partial charge < -0.3 is 14.4 Å². The summed E-state index contributed by atoms with van der Waals surface area (Å²) < 4.78 is 6.99. The van der Waals surface area contributed by atoms with Crippen LogP contribution in [0.15, 0.2) is 52.0 Å². The highest BCUT2D eigenvalue weighted by Gasteiger charge is 2.30. The maximum Gasteiger partial charge on any atom is 0.439 e. The lowest BCUT2D eigenvalue weighted by Crippen LogP contribution is -2.44. The molecule has 3 aromatic heterocycles. The van der Waals surface area contributed by atoms with Gasteiger partial charge in [-0.2, -0.15) is 0 Å². The number of amides is 1. The molecule has 40 heavy (non-hydrogen) atoms. The van der Waals surface area contributed by atoms with Crippen LogP contribution in [0.1, 0.15) is 56.4 Å². The molecule has 2 aliphatic rings. The first-order valence-corrected chi connectivity index (χ1v) is 14.5. The number of aromatic nitrogens is 4. The minimum Gasteiger partial charge on any atom is -0.341 e. The Morgan fingerprint density at radius 2 is 1.95 bits per heavy atom. The Balaban J connectivity index is 1.48. The fourth-order valence-electron chi connectivity index (χ4n) is 6.85. The minimum atomic E-state index is -0.586. The molecule has 1 aliphatic heterocycles. The Morgan fingerprint density at radius 1 is 1.10 bits per heavy atom. The van der Waals surface area contributed by atoms with Crippen molar-refractivity contribution in [1.82, 2.24) is 29.5 Å². The third-order valence-corrected chi connectivity index (χ3v) is 8.55. The number of H-pyrrole nitrogens is 1. The van der Waals surface area contributed by atoms with Gasteiger partial charge in [-0.05, 0) is 75.4 Å². The molecule has 1 amide bonds. The topological polar surface area (TPSA) is 100 Å². The van der Waals surface area contributed by atoms with Gasteiger partial charge in [0.1, 0.15) is 6.54 Å². The molecule has 1 saturated heterocycles. The van der Waals surface area contributed by atoms with Crippen molar-refractivity contribution in [2.75, 3.05) is 33.7 Å². The highest BCUT2D eigenvalue weighted by molar-refractivity contribution is 5.96. The van der Waals surface area contributed by atoms with E-state index in [-0.39, 0.29) is 12.5 Å². The number of pyridine rings is 1. The number of aromatic amines is 1. The number of hydrogen-bond acceptors (Lipinski definition) is 6. The maximum atomic E-state index is 14.0. The van der Waals surface area contributed by atoms with Crippen LogP contribution in [-0.4, -0.2) is 69.1 Å². The van der Waals surface area contributed by atoms with Gasteiger partial charge in [-0.25, -0.2) is 4.79 Å². The zero-order chi connectivity index (χ0) is 27.6. The molecule has 2 fully saturated rings. The molecule has 1 atom stereocenters. The Hall–Kier alpha value is -3.72. The predicted molar refractivity (Wildman–Crippen MR) is 155 cm³/mol. The maximum absolute atomic E-state index is 14.0. The van der Waals surface area contributed by atoms with E-state index in [1.54, 1.807) is 6.20 Å². The van der Waals surface area contributed by atoms with E-state index in [1.807, 2.05) is 24.4 Å². The average molecular weight is 543 g/mol.